The Morgan fingerprint density at radius 3 is 2.46 bits per heavy atom. The van der Waals surface area contributed by atoms with E-state index in [2.05, 4.69) is 0 Å². The van der Waals surface area contributed by atoms with Crippen molar-refractivity contribution in [3.8, 4) is 5.75 Å². The zero-order chi connectivity index (χ0) is 17.5. The Balaban J connectivity index is 2.32. The van der Waals surface area contributed by atoms with Crippen LogP contribution in [0.15, 0.2) is 53.4 Å². The first-order valence-electron chi connectivity index (χ1n) is 7.56. The molecule has 2 rings (SSSR count). The number of hydrogen-bond donors (Lipinski definition) is 2. The van der Waals surface area contributed by atoms with E-state index in [1.807, 2.05) is 30.3 Å². The fourth-order valence-corrected chi connectivity index (χ4v) is 3.35. The molecule has 0 bridgehead atoms. The van der Waals surface area contributed by atoms with Crippen LogP contribution in [0.2, 0.25) is 0 Å². The third-order valence-electron chi connectivity index (χ3n) is 3.43. The summed E-state index contributed by atoms with van der Waals surface area (Å²) in [5.74, 6) is 0.0488. The van der Waals surface area contributed by atoms with Crippen LogP contribution >= 0.6 is 11.8 Å². The normalized spacial score (nSPS) is 13.1. The smallest absolute Gasteiger partial charge is 0.336 e. The molecule has 0 radical (unpaired) electrons. The van der Waals surface area contributed by atoms with Crippen molar-refractivity contribution < 1.29 is 19.4 Å². The summed E-state index contributed by atoms with van der Waals surface area (Å²) >= 11 is 1.33. The number of ether oxygens (including phenoxy) is 2. The standard InChI is InChI=1S/C18H21NO4S/c1-3-23-18(21)16(20)17(12-8-10-13(22-2)11-9-12)24-15-7-5-4-6-14(15)19/h4-11,16-17,20H,3,19H2,1-2H3/t16-,17+/m0/s1. The van der Waals surface area contributed by atoms with Crippen LogP contribution in [0.1, 0.15) is 17.7 Å². The summed E-state index contributed by atoms with van der Waals surface area (Å²) in [4.78, 5) is 12.8. The van der Waals surface area contributed by atoms with Crippen molar-refractivity contribution in [1.29, 1.82) is 0 Å². The van der Waals surface area contributed by atoms with E-state index in [9.17, 15) is 9.90 Å². The molecule has 3 N–H and O–H groups in total. The fraction of sp³-hybridized carbons (Fsp3) is 0.278. The number of thioether (sulfide) groups is 1. The highest BCUT2D eigenvalue weighted by atomic mass is 32.2. The summed E-state index contributed by atoms with van der Waals surface area (Å²) in [5.41, 5.74) is 7.37. The molecule has 0 saturated carbocycles. The minimum Gasteiger partial charge on any atom is -0.497 e. The molecule has 5 nitrogen and oxygen atoms in total. The lowest BCUT2D eigenvalue weighted by molar-refractivity contribution is -0.153. The van der Waals surface area contributed by atoms with Crippen LogP contribution in [0.4, 0.5) is 5.69 Å². The Kier molecular flexibility index (Phi) is 6.52. The number of para-hydroxylation sites is 1. The van der Waals surface area contributed by atoms with Crippen molar-refractivity contribution in [3.05, 3.63) is 54.1 Å². The van der Waals surface area contributed by atoms with E-state index >= 15 is 0 Å². The van der Waals surface area contributed by atoms with Crippen LogP contribution in [-0.2, 0) is 9.53 Å². The van der Waals surface area contributed by atoms with Gasteiger partial charge in [0.25, 0.3) is 0 Å². The second-order valence-electron chi connectivity index (χ2n) is 5.05. The molecule has 24 heavy (non-hydrogen) atoms. The number of rotatable bonds is 7. The maximum atomic E-state index is 12.0. The molecule has 2 aromatic rings. The summed E-state index contributed by atoms with van der Waals surface area (Å²) < 4.78 is 10.1. The summed E-state index contributed by atoms with van der Waals surface area (Å²) in [5, 5.41) is 9.93. The molecule has 0 heterocycles. The lowest BCUT2D eigenvalue weighted by atomic mass is 10.1. The predicted octanol–water partition coefficient (Wildman–Crippen LogP) is 3.03. The van der Waals surface area contributed by atoms with E-state index in [0.717, 1.165) is 10.5 Å². The van der Waals surface area contributed by atoms with Crippen molar-refractivity contribution in [2.45, 2.75) is 23.2 Å². The number of aliphatic hydroxyl groups excluding tert-OH is 1. The number of esters is 1. The lowest BCUT2D eigenvalue weighted by Crippen LogP contribution is -2.28. The number of benzene rings is 2. The Morgan fingerprint density at radius 1 is 1.21 bits per heavy atom. The SMILES string of the molecule is CCOC(=O)[C@@H](O)[C@H](Sc1ccccc1N)c1ccc(OC)cc1. The first-order valence-corrected chi connectivity index (χ1v) is 8.44. The molecule has 0 aliphatic rings. The van der Waals surface area contributed by atoms with E-state index in [-0.39, 0.29) is 6.61 Å². The number of aliphatic hydroxyl groups is 1. The van der Waals surface area contributed by atoms with Crippen LogP contribution in [0.3, 0.4) is 0 Å². The maximum absolute atomic E-state index is 12.0. The molecule has 128 valence electrons. The number of methoxy groups -OCH3 is 1. The summed E-state index contributed by atoms with van der Waals surface area (Å²) in [7, 11) is 1.58. The number of carbonyl (C=O) groups excluding carboxylic acids is 1. The molecule has 2 atom stereocenters. The molecule has 0 fully saturated rings. The van der Waals surface area contributed by atoms with Crippen LogP contribution in [-0.4, -0.2) is 30.9 Å². The zero-order valence-electron chi connectivity index (χ0n) is 13.6. The highest BCUT2D eigenvalue weighted by Gasteiger charge is 2.30. The van der Waals surface area contributed by atoms with E-state index in [1.165, 1.54) is 11.8 Å². The number of hydrogen-bond acceptors (Lipinski definition) is 6. The van der Waals surface area contributed by atoms with Crippen LogP contribution in [0.25, 0.3) is 0 Å². The van der Waals surface area contributed by atoms with Crippen LogP contribution in [0, 0.1) is 0 Å². The van der Waals surface area contributed by atoms with Crippen molar-refractivity contribution in [3.63, 3.8) is 0 Å². The minimum atomic E-state index is -1.30. The zero-order valence-corrected chi connectivity index (χ0v) is 14.5. The average Bonchev–Trinajstić information content (AvgIpc) is 2.61. The van der Waals surface area contributed by atoms with Gasteiger partial charge in [0.1, 0.15) is 5.75 Å². The molecule has 0 saturated heterocycles. The van der Waals surface area contributed by atoms with Gasteiger partial charge in [-0.2, -0.15) is 0 Å². The average molecular weight is 347 g/mol. The van der Waals surface area contributed by atoms with Crippen molar-refractivity contribution in [1.82, 2.24) is 0 Å². The predicted molar refractivity (Wildman–Crippen MR) is 95.1 cm³/mol. The minimum absolute atomic E-state index is 0.212. The molecule has 0 amide bonds. The van der Waals surface area contributed by atoms with Gasteiger partial charge in [0.15, 0.2) is 6.10 Å². The quantitative estimate of drug-likeness (QED) is 0.455. The molecular formula is C18H21NO4S. The van der Waals surface area contributed by atoms with Crippen molar-refractivity contribution in [2.24, 2.45) is 0 Å². The Labute approximate surface area is 145 Å². The Morgan fingerprint density at radius 2 is 1.88 bits per heavy atom. The number of nitrogens with two attached hydrogens (primary N) is 1. The molecule has 0 aliphatic heterocycles. The van der Waals surface area contributed by atoms with Crippen molar-refractivity contribution >= 4 is 23.4 Å². The van der Waals surface area contributed by atoms with Crippen LogP contribution in [0.5, 0.6) is 5.75 Å². The number of carbonyl (C=O) groups is 1. The van der Waals surface area contributed by atoms with Gasteiger partial charge in [-0.1, -0.05) is 24.3 Å². The van der Waals surface area contributed by atoms with Gasteiger partial charge in [-0.05, 0) is 36.8 Å². The highest BCUT2D eigenvalue weighted by Crippen LogP contribution is 2.41. The molecule has 6 heteroatoms. The summed E-state index contributed by atoms with van der Waals surface area (Å²) in [6, 6.07) is 14.5. The first kappa shape index (κ1) is 18.2. The number of nitrogen functional groups attached to an aromatic ring is 1. The molecule has 0 aromatic heterocycles. The second-order valence-corrected chi connectivity index (χ2v) is 6.23. The molecule has 0 aliphatic carbocycles. The Hall–Kier alpha value is -2.18. The third-order valence-corrected chi connectivity index (χ3v) is 4.84. The van der Waals surface area contributed by atoms with E-state index in [0.29, 0.717) is 11.4 Å². The van der Waals surface area contributed by atoms with Gasteiger partial charge in [0, 0.05) is 10.6 Å². The second kappa shape index (κ2) is 8.61. The van der Waals surface area contributed by atoms with Gasteiger partial charge in [0.2, 0.25) is 0 Å². The first-order chi connectivity index (χ1) is 11.6. The Bertz CT molecular complexity index is 675. The van der Waals surface area contributed by atoms with Crippen molar-refractivity contribution in [2.75, 3.05) is 19.5 Å². The van der Waals surface area contributed by atoms with Gasteiger partial charge in [-0.3, -0.25) is 0 Å². The fourth-order valence-electron chi connectivity index (χ4n) is 2.18. The molecule has 2 aromatic carbocycles. The van der Waals surface area contributed by atoms with E-state index in [4.69, 9.17) is 15.2 Å². The summed E-state index contributed by atoms with van der Waals surface area (Å²) in [6.07, 6.45) is -1.30. The van der Waals surface area contributed by atoms with Gasteiger partial charge in [-0.25, -0.2) is 4.79 Å². The summed E-state index contributed by atoms with van der Waals surface area (Å²) in [6.45, 7) is 1.92. The van der Waals surface area contributed by atoms with Gasteiger partial charge in [0.05, 0.1) is 19.0 Å². The molecule has 0 spiro atoms. The molecular weight excluding hydrogens is 326 g/mol. The topological polar surface area (TPSA) is 81.8 Å². The lowest BCUT2D eigenvalue weighted by Gasteiger charge is -2.22. The number of anilines is 1. The van der Waals surface area contributed by atoms with Gasteiger partial charge < -0.3 is 20.3 Å². The molecule has 0 unspecified atom stereocenters. The van der Waals surface area contributed by atoms with Gasteiger partial charge >= 0.3 is 5.97 Å². The monoisotopic (exact) mass is 347 g/mol. The van der Waals surface area contributed by atoms with E-state index in [1.54, 1.807) is 32.2 Å². The maximum Gasteiger partial charge on any atom is 0.336 e. The third kappa shape index (κ3) is 4.43. The largest absolute Gasteiger partial charge is 0.497 e. The van der Waals surface area contributed by atoms with E-state index < -0.39 is 17.3 Å². The van der Waals surface area contributed by atoms with Crippen LogP contribution < -0.4 is 10.5 Å². The highest BCUT2D eigenvalue weighted by molar-refractivity contribution is 7.99. The van der Waals surface area contributed by atoms with Gasteiger partial charge in [-0.15, -0.1) is 11.8 Å².